The Morgan fingerprint density at radius 2 is 2.60 bits per heavy atom. The second-order valence-corrected chi connectivity index (χ2v) is 1.73. The molecule has 1 heterocycles. The second kappa shape index (κ2) is 2.80. The summed E-state index contributed by atoms with van der Waals surface area (Å²) >= 11 is 0. The van der Waals surface area contributed by atoms with Crippen molar-refractivity contribution in [1.82, 2.24) is 5.32 Å². The minimum Gasteiger partial charge on any atom is -0.477 e. The summed E-state index contributed by atoms with van der Waals surface area (Å²) in [6.07, 6.45) is 8.61. The number of hydrogen-bond acceptors (Lipinski definition) is 2. The smallest absolute Gasteiger partial charge is 0.341 e. The number of carboxylic acids is 1. The SMILES string of the molecule is O=C(O)/C=C\C1=CNC=[C+]1. The van der Waals surface area contributed by atoms with Gasteiger partial charge in [0.1, 0.15) is 12.4 Å². The third-order valence-corrected chi connectivity index (χ3v) is 0.966. The lowest BCUT2D eigenvalue weighted by Gasteiger charge is -1.72. The molecule has 10 heavy (non-hydrogen) atoms. The Hall–Kier alpha value is -1.60. The molecule has 0 radical (unpaired) electrons. The van der Waals surface area contributed by atoms with E-state index in [-0.39, 0.29) is 0 Å². The van der Waals surface area contributed by atoms with Gasteiger partial charge in [-0.15, -0.1) is 0 Å². The lowest BCUT2D eigenvalue weighted by atomic mass is 10.3. The summed E-state index contributed by atoms with van der Waals surface area (Å²) in [5, 5.41) is 11.0. The quantitative estimate of drug-likeness (QED) is 0.427. The maximum Gasteiger partial charge on any atom is 0.341 e. The van der Waals surface area contributed by atoms with Gasteiger partial charge in [-0.1, -0.05) is 0 Å². The molecule has 0 amide bonds. The fraction of sp³-hybridized carbons (Fsp3) is 0. The first kappa shape index (κ1) is 6.52. The number of carbonyl (C=O) groups is 1. The molecule has 1 rings (SSSR count). The number of aliphatic carboxylic acids is 1. The van der Waals surface area contributed by atoms with Gasteiger partial charge in [-0.05, 0) is 0 Å². The van der Waals surface area contributed by atoms with Gasteiger partial charge in [-0.3, -0.25) is 5.32 Å². The molecule has 0 fully saturated rings. The van der Waals surface area contributed by atoms with Crippen LogP contribution >= 0.6 is 0 Å². The molecule has 0 aromatic rings. The number of nitrogens with one attached hydrogen (secondary N) is 1. The molecule has 0 aromatic carbocycles. The molecule has 0 bridgehead atoms. The lowest BCUT2D eigenvalue weighted by Crippen LogP contribution is -1.86. The largest absolute Gasteiger partial charge is 0.477 e. The standard InChI is InChI=1S/C7H5NO2/c9-7(10)2-1-6-3-4-8-5-6/h1-2,4-5,8H/p+1/b2-1-. The van der Waals surface area contributed by atoms with Crippen molar-refractivity contribution >= 4 is 5.97 Å². The second-order valence-electron chi connectivity index (χ2n) is 1.73. The van der Waals surface area contributed by atoms with Crippen LogP contribution < -0.4 is 5.32 Å². The molecule has 50 valence electrons. The molecular weight excluding hydrogens is 130 g/mol. The highest BCUT2D eigenvalue weighted by atomic mass is 16.4. The molecule has 1 aliphatic rings. The predicted octanol–water partition coefficient (Wildman–Crippen LogP) is 0.431. The van der Waals surface area contributed by atoms with E-state index in [1.54, 1.807) is 12.4 Å². The van der Waals surface area contributed by atoms with Gasteiger partial charge in [0.15, 0.2) is 0 Å². The van der Waals surface area contributed by atoms with E-state index in [4.69, 9.17) is 5.11 Å². The van der Waals surface area contributed by atoms with Crippen molar-refractivity contribution in [2.45, 2.75) is 0 Å². The van der Waals surface area contributed by atoms with E-state index >= 15 is 0 Å². The first-order valence-electron chi connectivity index (χ1n) is 2.74. The zero-order valence-electron chi connectivity index (χ0n) is 5.16. The average molecular weight is 136 g/mol. The molecule has 2 N–H and O–H groups in total. The molecule has 0 unspecified atom stereocenters. The topological polar surface area (TPSA) is 49.3 Å². The van der Waals surface area contributed by atoms with Crippen molar-refractivity contribution in [3.8, 4) is 0 Å². The van der Waals surface area contributed by atoms with Crippen LogP contribution in [0.2, 0.25) is 0 Å². The number of rotatable bonds is 2. The van der Waals surface area contributed by atoms with E-state index < -0.39 is 5.97 Å². The van der Waals surface area contributed by atoms with Crippen LogP contribution in [-0.2, 0) is 4.79 Å². The van der Waals surface area contributed by atoms with Gasteiger partial charge in [-0.25, -0.2) is 4.79 Å². The number of allylic oxidation sites excluding steroid dienone is 3. The van der Waals surface area contributed by atoms with Crippen LogP contribution in [0.4, 0.5) is 0 Å². The third kappa shape index (κ3) is 1.73. The maximum atomic E-state index is 9.98. The highest BCUT2D eigenvalue weighted by Gasteiger charge is 2.03. The van der Waals surface area contributed by atoms with Crippen molar-refractivity contribution < 1.29 is 9.90 Å². The zero-order chi connectivity index (χ0) is 7.40. The summed E-state index contributed by atoms with van der Waals surface area (Å²) in [6, 6.07) is 0. The highest BCUT2D eigenvalue weighted by Crippen LogP contribution is 2.00. The van der Waals surface area contributed by atoms with Crippen LogP contribution in [0.25, 0.3) is 0 Å². The van der Waals surface area contributed by atoms with E-state index in [0.717, 1.165) is 11.6 Å². The van der Waals surface area contributed by atoms with Crippen molar-refractivity contribution in [3.63, 3.8) is 0 Å². The first-order chi connectivity index (χ1) is 4.79. The molecule has 0 atom stereocenters. The maximum absolute atomic E-state index is 9.98. The van der Waals surface area contributed by atoms with Gasteiger partial charge in [0.25, 0.3) is 0 Å². The van der Waals surface area contributed by atoms with Gasteiger partial charge in [0, 0.05) is 0 Å². The van der Waals surface area contributed by atoms with E-state index in [2.05, 4.69) is 11.4 Å². The normalized spacial score (nSPS) is 14.6. The molecule has 0 saturated carbocycles. The summed E-state index contributed by atoms with van der Waals surface area (Å²) in [4.78, 5) is 9.98. The fourth-order valence-corrected chi connectivity index (χ4v) is 0.555. The molecule has 0 spiro atoms. The van der Waals surface area contributed by atoms with E-state index in [9.17, 15) is 4.79 Å². The lowest BCUT2D eigenvalue weighted by molar-refractivity contribution is -0.131. The van der Waals surface area contributed by atoms with Crippen molar-refractivity contribution in [2.24, 2.45) is 0 Å². The Kier molecular flexibility index (Phi) is 1.83. The highest BCUT2D eigenvalue weighted by molar-refractivity contribution is 5.80. The van der Waals surface area contributed by atoms with Crippen LogP contribution in [0.15, 0.2) is 30.1 Å². The summed E-state index contributed by atoms with van der Waals surface area (Å²) in [7, 11) is 0. The van der Waals surface area contributed by atoms with Crippen LogP contribution in [0.1, 0.15) is 0 Å². The minimum absolute atomic E-state index is 0.738. The fourth-order valence-electron chi connectivity index (χ4n) is 0.555. The van der Waals surface area contributed by atoms with E-state index in [1.165, 1.54) is 6.08 Å². The minimum atomic E-state index is -0.949. The monoisotopic (exact) mass is 136 g/mol. The molecule has 1 aliphatic heterocycles. The average Bonchev–Trinajstić information content (AvgIpc) is 2.34. The molecule has 0 saturated heterocycles. The first-order valence-corrected chi connectivity index (χ1v) is 2.74. The van der Waals surface area contributed by atoms with Crippen LogP contribution in [0, 0.1) is 6.08 Å². The number of carboxylic acid groups (broad SMARTS) is 1. The van der Waals surface area contributed by atoms with Crippen LogP contribution in [0.3, 0.4) is 0 Å². The van der Waals surface area contributed by atoms with Crippen molar-refractivity contribution in [3.05, 3.63) is 36.2 Å². The predicted molar refractivity (Wildman–Crippen MR) is 35.8 cm³/mol. The Labute approximate surface area is 58.4 Å². The Morgan fingerprint density at radius 1 is 1.80 bits per heavy atom. The molecule has 0 aromatic heterocycles. The van der Waals surface area contributed by atoms with E-state index in [0.29, 0.717) is 0 Å². The Balaban J connectivity index is 2.53. The Bertz CT molecular complexity index is 226. The molecule has 3 heteroatoms. The van der Waals surface area contributed by atoms with Crippen molar-refractivity contribution in [1.29, 1.82) is 0 Å². The summed E-state index contributed by atoms with van der Waals surface area (Å²) < 4.78 is 0. The van der Waals surface area contributed by atoms with Gasteiger partial charge in [-0.2, -0.15) is 0 Å². The summed E-state index contributed by atoms with van der Waals surface area (Å²) in [5.74, 6) is -0.949. The van der Waals surface area contributed by atoms with Gasteiger partial charge >= 0.3 is 5.97 Å². The summed E-state index contributed by atoms with van der Waals surface area (Å²) in [6.45, 7) is 0. The molecular formula is C7H6NO2+. The summed E-state index contributed by atoms with van der Waals surface area (Å²) in [5.41, 5.74) is 0.738. The van der Waals surface area contributed by atoms with Gasteiger partial charge in [0.2, 0.25) is 5.57 Å². The Morgan fingerprint density at radius 3 is 3.10 bits per heavy atom. The van der Waals surface area contributed by atoms with Gasteiger partial charge in [0.05, 0.1) is 18.2 Å². The van der Waals surface area contributed by atoms with Crippen LogP contribution in [0.5, 0.6) is 0 Å². The number of hydrogen-bond donors (Lipinski definition) is 2. The van der Waals surface area contributed by atoms with Gasteiger partial charge < -0.3 is 5.11 Å². The van der Waals surface area contributed by atoms with E-state index in [1.807, 2.05) is 0 Å². The molecule has 3 nitrogen and oxygen atoms in total. The van der Waals surface area contributed by atoms with Crippen LogP contribution in [-0.4, -0.2) is 11.1 Å². The van der Waals surface area contributed by atoms with Crippen molar-refractivity contribution in [2.75, 3.05) is 0 Å². The zero-order valence-corrected chi connectivity index (χ0v) is 5.16. The molecule has 0 aliphatic carbocycles. The third-order valence-electron chi connectivity index (χ3n) is 0.966.